The van der Waals surface area contributed by atoms with Gasteiger partial charge in [-0.25, -0.2) is 4.21 Å². The Morgan fingerprint density at radius 2 is 1.86 bits per heavy atom. The summed E-state index contributed by atoms with van der Waals surface area (Å²) >= 11 is 3.73. The van der Waals surface area contributed by atoms with Crippen LogP contribution < -0.4 is 4.90 Å². The average molecular weight is 340 g/mol. The third-order valence-electron chi connectivity index (χ3n) is 3.25. The monoisotopic (exact) mass is 339 g/mol. The Morgan fingerprint density at radius 3 is 2.50 bits per heavy atom. The molecule has 4 nitrogen and oxygen atoms in total. The molecule has 118 valence electrons. The zero-order valence-corrected chi connectivity index (χ0v) is 13.5. The van der Waals surface area contributed by atoms with Gasteiger partial charge in [-0.3, -0.25) is 0 Å². The SMILES string of the molecule is O=S(O)CN(Cc1ccccc1)c1cccc(C(O)CCl)c1. The van der Waals surface area contributed by atoms with Crippen molar-refractivity contribution in [3.8, 4) is 0 Å². The van der Waals surface area contributed by atoms with Crippen LogP contribution in [0.5, 0.6) is 0 Å². The summed E-state index contributed by atoms with van der Waals surface area (Å²) in [7, 11) is 0. The summed E-state index contributed by atoms with van der Waals surface area (Å²) in [6, 6.07) is 16.9. The highest BCUT2D eigenvalue weighted by Crippen LogP contribution is 2.23. The molecule has 0 heterocycles. The van der Waals surface area contributed by atoms with Crippen LogP contribution in [0.25, 0.3) is 0 Å². The number of anilines is 1. The van der Waals surface area contributed by atoms with E-state index in [0.29, 0.717) is 12.1 Å². The third-order valence-corrected chi connectivity index (χ3v) is 4.07. The number of aliphatic hydroxyl groups excluding tert-OH is 1. The van der Waals surface area contributed by atoms with E-state index in [1.807, 2.05) is 36.4 Å². The van der Waals surface area contributed by atoms with Gasteiger partial charge in [-0.2, -0.15) is 0 Å². The summed E-state index contributed by atoms with van der Waals surface area (Å²) < 4.78 is 20.5. The van der Waals surface area contributed by atoms with Crippen LogP contribution in [0.4, 0.5) is 5.69 Å². The second-order valence-corrected chi connectivity index (χ2v) is 6.11. The van der Waals surface area contributed by atoms with Crippen molar-refractivity contribution in [1.82, 2.24) is 0 Å². The first-order valence-corrected chi connectivity index (χ1v) is 8.61. The lowest BCUT2D eigenvalue weighted by atomic mass is 10.1. The van der Waals surface area contributed by atoms with Crippen molar-refractivity contribution >= 4 is 28.4 Å². The van der Waals surface area contributed by atoms with Crippen molar-refractivity contribution in [2.75, 3.05) is 16.7 Å². The lowest BCUT2D eigenvalue weighted by molar-refractivity contribution is 0.202. The van der Waals surface area contributed by atoms with Gasteiger partial charge in [-0.1, -0.05) is 42.5 Å². The molecule has 22 heavy (non-hydrogen) atoms. The van der Waals surface area contributed by atoms with Crippen LogP contribution in [0.15, 0.2) is 54.6 Å². The zero-order valence-electron chi connectivity index (χ0n) is 11.9. The molecule has 0 radical (unpaired) electrons. The minimum absolute atomic E-state index is 0.00464. The zero-order chi connectivity index (χ0) is 15.9. The maximum atomic E-state index is 11.2. The van der Waals surface area contributed by atoms with E-state index in [0.717, 1.165) is 11.3 Å². The number of hydrogen-bond donors (Lipinski definition) is 2. The van der Waals surface area contributed by atoms with Crippen LogP contribution in [0, 0.1) is 0 Å². The molecule has 6 heteroatoms. The summed E-state index contributed by atoms with van der Waals surface area (Å²) in [6.45, 7) is 0.508. The van der Waals surface area contributed by atoms with Crippen molar-refractivity contribution in [2.45, 2.75) is 12.6 Å². The van der Waals surface area contributed by atoms with E-state index in [1.165, 1.54) is 0 Å². The molecule has 0 aliphatic carbocycles. The van der Waals surface area contributed by atoms with Gasteiger partial charge in [0.05, 0.1) is 12.0 Å². The van der Waals surface area contributed by atoms with Crippen LogP contribution in [-0.4, -0.2) is 25.6 Å². The molecule has 2 unspecified atom stereocenters. The molecule has 0 amide bonds. The molecule has 0 aromatic heterocycles. The number of rotatable bonds is 7. The summed E-state index contributed by atoms with van der Waals surface area (Å²) in [4.78, 5) is 1.80. The molecule has 0 aliphatic rings. The Morgan fingerprint density at radius 1 is 1.14 bits per heavy atom. The Hall–Kier alpha value is -1.40. The molecule has 2 N–H and O–H groups in total. The number of alkyl halides is 1. The number of halogens is 1. The Balaban J connectivity index is 2.27. The van der Waals surface area contributed by atoms with Gasteiger partial charge >= 0.3 is 0 Å². The number of hydrogen-bond acceptors (Lipinski definition) is 3. The van der Waals surface area contributed by atoms with Gasteiger partial charge in [0.2, 0.25) is 0 Å². The average Bonchev–Trinajstić information content (AvgIpc) is 2.54. The highest BCUT2D eigenvalue weighted by atomic mass is 35.5. The van der Waals surface area contributed by atoms with Crippen LogP contribution in [0.1, 0.15) is 17.2 Å². The largest absolute Gasteiger partial charge is 0.387 e. The van der Waals surface area contributed by atoms with E-state index >= 15 is 0 Å². The van der Waals surface area contributed by atoms with Gasteiger partial charge in [0.1, 0.15) is 5.88 Å². The normalized spacial score (nSPS) is 13.6. The van der Waals surface area contributed by atoms with E-state index < -0.39 is 17.2 Å². The summed E-state index contributed by atoms with van der Waals surface area (Å²) in [5.74, 6) is 0.101. The first kappa shape index (κ1) is 17.0. The van der Waals surface area contributed by atoms with Gasteiger partial charge in [0.15, 0.2) is 11.1 Å². The number of nitrogens with zero attached hydrogens (tertiary/aromatic N) is 1. The first-order chi connectivity index (χ1) is 10.6. The minimum Gasteiger partial charge on any atom is -0.387 e. The van der Waals surface area contributed by atoms with Gasteiger partial charge in [0, 0.05) is 12.2 Å². The fourth-order valence-electron chi connectivity index (χ4n) is 2.17. The maximum absolute atomic E-state index is 11.2. The smallest absolute Gasteiger partial charge is 0.173 e. The van der Waals surface area contributed by atoms with Gasteiger partial charge in [-0.05, 0) is 23.3 Å². The Labute approximate surface area is 137 Å². The maximum Gasteiger partial charge on any atom is 0.173 e. The van der Waals surface area contributed by atoms with Crippen molar-refractivity contribution in [2.24, 2.45) is 0 Å². The molecule has 0 aliphatic heterocycles. The van der Waals surface area contributed by atoms with Crippen LogP contribution in [0.3, 0.4) is 0 Å². The minimum atomic E-state index is -1.95. The van der Waals surface area contributed by atoms with Crippen molar-refractivity contribution < 1.29 is 13.9 Å². The Kier molecular flexibility index (Phi) is 6.39. The fourth-order valence-corrected chi connectivity index (χ4v) is 2.85. The van der Waals surface area contributed by atoms with Crippen molar-refractivity contribution in [3.05, 3.63) is 65.7 Å². The standard InChI is InChI=1S/C16H18ClNO3S/c17-10-16(19)14-7-4-8-15(9-14)18(12-22(20)21)11-13-5-2-1-3-6-13/h1-9,16,19H,10-12H2,(H,20,21). The summed E-state index contributed by atoms with van der Waals surface area (Å²) in [5, 5.41) is 9.85. The molecule has 0 saturated heterocycles. The molecule has 0 spiro atoms. The molecule has 0 fully saturated rings. The quantitative estimate of drug-likeness (QED) is 0.601. The molecule has 0 bridgehead atoms. The highest BCUT2D eigenvalue weighted by Gasteiger charge is 2.13. The van der Waals surface area contributed by atoms with E-state index in [4.69, 9.17) is 11.6 Å². The molecule has 2 atom stereocenters. The predicted molar refractivity (Wildman–Crippen MR) is 90.4 cm³/mol. The molecule has 2 rings (SSSR count). The molecular weight excluding hydrogens is 322 g/mol. The second kappa shape index (κ2) is 8.29. The third kappa shape index (κ3) is 4.81. The van der Waals surface area contributed by atoms with Gasteiger partial charge < -0.3 is 14.6 Å². The van der Waals surface area contributed by atoms with E-state index in [-0.39, 0.29) is 11.8 Å². The number of aliphatic hydroxyl groups is 1. The second-order valence-electron chi connectivity index (χ2n) is 4.90. The van der Waals surface area contributed by atoms with Crippen molar-refractivity contribution in [3.63, 3.8) is 0 Å². The molecular formula is C16H18ClNO3S. The van der Waals surface area contributed by atoms with E-state index in [1.54, 1.807) is 23.1 Å². The van der Waals surface area contributed by atoms with Crippen LogP contribution in [-0.2, 0) is 17.6 Å². The van der Waals surface area contributed by atoms with E-state index in [2.05, 4.69) is 0 Å². The van der Waals surface area contributed by atoms with Gasteiger partial charge in [0.25, 0.3) is 0 Å². The fraction of sp³-hybridized carbons (Fsp3) is 0.250. The molecule has 2 aromatic carbocycles. The summed E-state index contributed by atoms with van der Waals surface area (Å²) in [5.41, 5.74) is 2.50. The molecule has 2 aromatic rings. The van der Waals surface area contributed by atoms with Crippen molar-refractivity contribution in [1.29, 1.82) is 0 Å². The first-order valence-electron chi connectivity index (χ1n) is 6.80. The van der Waals surface area contributed by atoms with E-state index in [9.17, 15) is 13.9 Å². The number of benzene rings is 2. The highest BCUT2D eigenvalue weighted by molar-refractivity contribution is 7.79. The summed E-state index contributed by atoms with van der Waals surface area (Å²) in [6.07, 6.45) is -0.750. The lowest BCUT2D eigenvalue weighted by Crippen LogP contribution is -2.26. The Bertz CT molecular complexity index is 624. The predicted octanol–water partition coefficient (Wildman–Crippen LogP) is 3.14. The van der Waals surface area contributed by atoms with Crippen LogP contribution >= 0.6 is 11.6 Å². The van der Waals surface area contributed by atoms with Crippen LogP contribution in [0.2, 0.25) is 0 Å². The molecule has 0 saturated carbocycles. The topological polar surface area (TPSA) is 60.8 Å². The van der Waals surface area contributed by atoms with Gasteiger partial charge in [-0.15, -0.1) is 11.6 Å². The lowest BCUT2D eigenvalue weighted by Gasteiger charge is -2.24.